The Morgan fingerprint density at radius 3 is 1.54 bits per heavy atom. The zero-order valence-electron chi connectivity index (χ0n) is 22.3. The summed E-state index contributed by atoms with van der Waals surface area (Å²) in [5.41, 5.74) is 10.4. The Bertz CT molecular complexity index is 528. The molecule has 0 spiro atoms. The SMILES string of the molecule is CCCCOCCOCCOCCOCCONC(=O)CCCCOCCOCCOCCON=[N+]=[N-]. The Balaban J connectivity index is 3.15. The maximum absolute atomic E-state index is 11.7. The van der Waals surface area contributed by atoms with Crippen LogP contribution in [0.3, 0.4) is 0 Å². The summed E-state index contributed by atoms with van der Waals surface area (Å²) >= 11 is 0. The summed E-state index contributed by atoms with van der Waals surface area (Å²) in [5.74, 6) is -0.174. The van der Waals surface area contributed by atoms with Gasteiger partial charge in [-0.1, -0.05) is 13.3 Å². The average molecular weight is 539 g/mol. The third-order valence-electron chi connectivity index (χ3n) is 4.37. The standard InChI is InChI=1S/C23H46N4O10/c1-2-3-7-29-9-11-31-13-14-33-15-17-34-19-21-36-25-23(28)6-4-5-8-30-10-12-32-16-18-35-20-22-37-27-26-24/h2-22H2,1H3,(H,25,28). The highest BCUT2D eigenvalue weighted by Crippen LogP contribution is 1.96. The number of nitrogens with zero attached hydrogens (tertiary/aromatic N) is 3. The molecule has 0 aromatic carbocycles. The number of amides is 1. The van der Waals surface area contributed by atoms with E-state index in [1.165, 1.54) is 0 Å². The van der Waals surface area contributed by atoms with Crippen LogP contribution in [0.15, 0.2) is 5.28 Å². The molecule has 0 rings (SSSR count). The minimum absolute atomic E-state index is 0.174. The van der Waals surface area contributed by atoms with Crippen molar-refractivity contribution in [3.05, 3.63) is 10.4 Å². The molecule has 218 valence electrons. The molecule has 37 heavy (non-hydrogen) atoms. The lowest BCUT2D eigenvalue weighted by Gasteiger charge is -2.08. The Morgan fingerprint density at radius 2 is 1.05 bits per heavy atom. The van der Waals surface area contributed by atoms with Gasteiger partial charge in [0, 0.05) is 24.5 Å². The molecule has 0 aromatic heterocycles. The van der Waals surface area contributed by atoms with Crippen LogP contribution in [0.2, 0.25) is 0 Å². The number of ether oxygens (including phenoxy) is 7. The first-order valence-electron chi connectivity index (χ1n) is 12.9. The lowest BCUT2D eigenvalue weighted by Crippen LogP contribution is -2.25. The van der Waals surface area contributed by atoms with Gasteiger partial charge in [0.15, 0.2) is 0 Å². The Labute approximate surface area is 220 Å². The van der Waals surface area contributed by atoms with Crippen molar-refractivity contribution in [2.75, 3.05) is 106 Å². The first kappa shape index (κ1) is 35.3. The molecule has 0 radical (unpaired) electrons. The number of carbonyl (C=O) groups excluding carboxylic acids is 1. The number of nitrogens with one attached hydrogen (secondary N) is 1. The largest absolute Gasteiger partial charge is 0.431 e. The van der Waals surface area contributed by atoms with Crippen LogP contribution in [0.1, 0.15) is 39.0 Å². The zero-order chi connectivity index (χ0) is 26.9. The molecule has 0 aromatic rings. The van der Waals surface area contributed by atoms with Crippen LogP contribution in [0.25, 0.3) is 10.4 Å². The van der Waals surface area contributed by atoms with Crippen molar-refractivity contribution in [2.45, 2.75) is 39.0 Å². The van der Waals surface area contributed by atoms with Gasteiger partial charge >= 0.3 is 0 Å². The van der Waals surface area contributed by atoms with Gasteiger partial charge in [-0.05, 0) is 24.8 Å². The molecule has 0 aliphatic carbocycles. The van der Waals surface area contributed by atoms with E-state index in [0.717, 1.165) is 25.9 Å². The summed E-state index contributed by atoms with van der Waals surface area (Å²) in [5, 5.41) is 2.93. The van der Waals surface area contributed by atoms with E-state index in [2.05, 4.69) is 27.4 Å². The van der Waals surface area contributed by atoms with Gasteiger partial charge in [-0.25, -0.2) is 5.48 Å². The fourth-order valence-electron chi connectivity index (χ4n) is 2.49. The van der Waals surface area contributed by atoms with Crippen LogP contribution in [0.4, 0.5) is 0 Å². The zero-order valence-corrected chi connectivity index (χ0v) is 22.3. The van der Waals surface area contributed by atoms with Gasteiger partial charge in [0.05, 0.1) is 85.9 Å². The minimum Gasteiger partial charge on any atom is -0.431 e. The summed E-state index contributed by atoms with van der Waals surface area (Å²) in [6.45, 7) is 9.60. The topological polar surface area (TPSA) is 161 Å². The number of hydroxylamine groups is 1. The summed E-state index contributed by atoms with van der Waals surface area (Å²) in [6, 6.07) is 0. The smallest absolute Gasteiger partial charge is 0.243 e. The molecule has 0 unspecified atom stereocenters. The number of azide groups is 1. The molecule has 1 N–H and O–H groups in total. The molecule has 14 nitrogen and oxygen atoms in total. The summed E-state index contributed by atoms with van der Waals surface area (Å²) in [4.78, 5) is 23.8. The fraction of sp³-hybridized carbons (Fsp3) is 0.957. The van der Waals surface area contributed by atoms with Crippen molar-refractivity contribution in [3.63, 3.8) is 0 Å². The lowest BCUT2D eigenvalue weighted by molar-refractivity contribution is -0.135. The van der Waals surface area contributed by atoms with Crippen molar-refractivity contribution >= 4 is 5.91 Å². The van der Waals surface area contributed by atoms with E-state index >= 15 is 0 Å². The second-order valence-electron chi connectivity index (χ2n) is 7.48. The number of hydrogen-bond donors (Lipinski definition) is 1. The van der Waals surface area contributed by atoms with Gasteiger partial charge in [-0.15, -0.1) is 0 Å². The van der Waals surface area contributed by atoms with Crippen LogP contribution in [0.5, 0.6) is 0 Å². The number of rotatable bonds is 31. The highest BCUT2D eigenvalue weighted by Gasteiger charge is 2.01. The molecule has 0 bridgehead atoms. The van der Waals surface area contributed by atoms with Crippen molar-refractivity contribution in [1.82, 2.24) is 5.48 Å². The van der Waals surface area contributed by atoms with Gasteiger partial charge in [-0.2, -0.15) is 0 Å². The third-order valence-corrected chi connectivity index (χ3v) is 4.37. The average Bonchev–Trinajstić information content (AvgIpc) is 2.90. The first-order chi connectivity index (χ1) is 18.3. The Hall–Kier alpha value is -1.74. The molecular weight excluding hydrogens is 492 g/mol. The maximum atomic E-state index is 11.7. The fourth-order valence-corrected chi connectivity index (χ4v) is 2.49. The minimum atomic E-state index is -0.174. The number of unbranched alkanes of at least 4 members (excludes halogenated alkanes) is 2. The summed E-state index contributed by atoms with van der Waals surface area (Å²) in [6.07, 6.45) is 4.04. The molecule has 0 aliphatic rings. The van der Waals surface area contributed by atoms with Gasteiger partial charge < -0.3 is 38.0 Å². The summed E-state index contributed by atoms with van der Waals surface area (Å²) in [7, 11) is 0. The predicted molar refractivity (Wildman–Crippen MR) is 134 cm³/mol. The highest BCUT2D eigenvalue weighted by molar-refractivity contribution is 5.74. The highest BCUT2D eigenvalue weighted by atomic mass is 16.7. The molecule has 1 amide bonds. The maximum Gasteiger partial charge on any atom is 0.243 e. The third kappa shape index (κ3) is 32.2. The summed E-state index contributed by atoms with van der Waals surface area (Å²) < 4.78 is 37.6. The lowest BCUT2D eigenvalue weighted by atomic mass is 10.2. The van der Waals surface area contributed by atoms with Gasteiger partial charge in [0.1, 0.15) is 11.9 Å². The van der Waals surface area contributed by atoms with E-state index in [4.69, 9.17) is 43.5 Å². The Morgan fingerprint density at radius 1 is 0.622 bits per heavy atom. The van der Waals surface area contributed by atoms with Crippen molar-refractivity contribution in [2.24, 2.45) is 5.28 Å². The second-order valence-corrected chi connectivity index (χ2v) is 7.48. The molecule has 0 atom stereocenters. The van der Waals surface area contributed by atoms with E-state index in [1.807, 2.05) is 0 Å². The van der Waals surface area contributed by atoms with Gasteiger partial charge in [0.2, 0.25) is 5.91 Å². The predicted octanol–water partition coefficient (Wildman–Crippen LogP) is 2.36. The normalized spacial score (nSPS) is 10.8. The van der Waals surface area contributed by atoms with Gasteiger partial charge in [-0.3, -0.25) is 9.63 Å². The van der Waals surface area contributed by atoms with E-state index in [-0.39, 0.29) is 19.1 Å². The first-order valence-corrected chi connectivity index (χ1v) is 12.9. The van der Waals surface area contributed by atoms with E-state index in [0.29, 0.717) is 98.7 Å². The van der Waals surface area contributed by atoms with Crippen LogP contribution in [0, 0.1) is 0 Å². The molecule has 0 saturated heterocycles. The van der Waals surface area contributed by atoms with Crippen LogP contribution < -0.4 is 5.48 Å². The quantitative estimate of drug-likeness (QED) is 0.0456. The molecule has 0 saturated carbocycles. The monoisotopic (exact) mass is 538 g/mol. The van der Waals surface area contributed by atoms with Crippen molar-refractivity contribution in [1.29, 1.82) is 0 Å². The van der Waals surface area contributed by atoms with Crippen LogP contribution in [-0.4, -0.2) is 112 Å². The van der Waals surface area contributed by atoms with E-state index in [1.54, 1.807) is 0 Å². The van der Waals surface area contributed by atoms with Crippen molar-refractivity contribution in [3.8, 4) is 0 Å². The van der Waals surface area contributed by atoms with E-state index < -0.39 is 0 Å². The molecule has 0 fully saturated rings. The van der Waals surface area contributed by atoms with E-state index in [9.17, 15) is 4.79 Å². The Kier molecular flexibility index (Phi) is 30.8. The molecule has 0 heterocycles. The van der Waals surface area contributed by atoms with Crippen LogP contribution in [-0.2, 0) is 47.6 Å². The second kappa shape index (κ2) is 32.3. The molecular formula is C23H46N4O10. The van der Waals surface area contributed by atoms with Gasteiger partial charge in [0.25, 0.3) is 0 Å². The molecule has 0 aliphatic heterocycles. The van der Waals surface area contributed by atoms with Crippen molar-refractivity contribution < 1.29 is 47.6 Å². The molecule has 14 heteroatoms. The van der Waals surface area contributed by atoms with Crippen LogP contribution >= 0.6 is 0 Å². The number of hydrogen-bond acceptors (Lipinski definition) is 11. The number of carbonyl (C=O) groups is 1.